The zero-order chi connectivity index (χ0) is 14.3. The molecule has 0 radical (unpaired) electrons. The maximum Gasteiger partial charge on any atom is 0.139 e. The third-order valence-corrected chi connectivity index (χ3v) is 4.56. The van der Waals surface area contributed by atoms with Gasteiger partial charge in [-0.2, -0.15) is 0 Å². The first-order chi connectivity index (χ1) is 9.56. The topological polar surface area (TPSA) is 42.2 Å². The van der Waals surface area contributed by atoms with E-state index < -0.39 is 0 Å². The summed E-state index contributed by atoms with van der Waals surface area (Å²) in [6, 6.07) is 2.62. The molecule has 1 aromatic rings. The molecule has 3 rings (SSSR count). The summed E-state index contributed by atoms with van der Waals surface area (Å²) < 4.78 is 0. The average Bonchev–Trinajstić information content (AvgIpc) is 3.10. The number of aromatic nitrogens is 1. The highest BCUT2D eigenvalue weighted by atomic mass is 32.1. The minimum atomic E-state index is 0.427. The van der Waals surface area contributed by atoms with E-state index in [1.165, 1.54) is 30.5 Å². The first-order valence-electron chi connectivity index (χ1n) is 7.65. The third kappa shape index (κ3) is 2.66. The molecule has 0 amide bonds. The van der Waals surface area contributed by atoms with Crippen LogP contribution in [0.3, 0.4) is 0 Å². The van der Waals surface area contributed by atoms with Crippen LogP contribution in [0, 0.1) is 5.92 Å². The second-order valence-corrected chi connectivity index (χ2v) is 6.81. The van der Waals surface area contributed by atoms with Crippen LogP contribution in [0.2, 0.25) is 0 Å². The fourth-order valence-corrected chi connectivity index (χ4v) is 3.13. The monoisotopic (exact) mass is 289 g/mol. The number of rotatable bonds is 5. The molecular weight excluding hydrogens is 266 g/mol. The van der Waals surface area contributed by atoms with E-state index in [0.29, 0.717) is 11.0 Å². The van der Waals surface area contributed by atoms with Crippen molar-refractivity contribution < 1.29 is 0 Å². The molecule has 1 heterocycles. The molecule has 1 aromatic heterocycles. The molecule has 20 heavy (non-hydrogen) atoms. The van der Waals surface area contributed by atoms with Crippen molar-refractivity contribution >= 4 is 23.0 Å². The van der Waals surface area contributed by atoms with E-state index >= 15 is 0 Å². The van der Waals surface area contributed by atoms with E-state index in [2.05, 4.69) is 24.8 Å². The lowest BCUT2D eigenvalue weighted by Gasteiger charge is -2.30. The number of hydrogen-bond donors (Lipinski definition) is 1. The van der Waals surface area contributed by atoms with Crippen LogP contribution in [0.4, 0.5) is 5.82 Å². The molecule has 2 aliphatic carbocycles. The lowest BCUT2D eigenvalue weighted by Crippen LogP contribution is -2.35. The summed E-state index contributed by atoms with van der Waals surface area (Å²) >= 11 is 5.27. The molecule has 1 fully saturated rings. The number of aryl methyl sites for hydroxylation is 2. The molecule has 4 heteroatoms. The van der Waals surface area contributed by atoms with Gasteiger partial charge < -0.3 is 10.6 Å². The van der Waals surface area contributed by atoms with Gasteiger partial charge in [0.25, 0.3) is 0 Å². The number of thiocarbonyl (C=S) groups is 1. The van der Waals surface area contributed by atoms with Crippen LogP contribution in [0.25, 0.3) is 0 Å². The summed E-state index contributed by atoms with van der Waals surface area (Å²) in [7, 11) is 0. The first-order valence-corrected chi connectivity index (χ1v) is 8.06. The van der Waals surface area contributed by atoms with Crippen LogP contribution in [0.5, 0.6) is 0 Å². The van der Waals surface area contributed by atoms with E-state index in [4.69, 9.17) is 22.9 Å². The van der Waals surface area contributed by atoms with Gasteiger partial charge in [-0.15, -0.1) is 0 Å². The van der Waals surface area contributed by atoms with E-state index in [0.717, 1.165) is 36.7 Å². The van der Waals surface area contributed by atoms with Gasteiger partial charge in [0.15, 0.2) is 0 Å². The summed E-state index contributed by atoms with van der Waals surface area (Å²) in [5.41, 5.74) is 9.52. The lowest BCUT2D eigenvalue weighted by molar-refractivity contribution is 0.635. The Bertz CT molecular complexity index is 535. The molecule has 0 aromatic carbocycles. The third-order valence-electron chi connectivity index (χ3n) is 4.34. The number of nitrogens with zero attached hydrogens (tertiary/aromatic N) is 2. The molecular formula is C16H23N3S. The summed E-state index contributed by atoms with van der Waals surface area (Å²) in [4.78, 5) is 7.80. The minimum absolute atomic E-state index is 0.427. The highest BCUT2D eigenvalue weighted by Gasteiger charge is 2.29. The normalized spacial score (nSPS) is 17.4. The van der Waals surface area contributed by atoms with Gasteiger partial charge in [-0.05, 0) is 63.5 Å². The Balaban J connectivity index is 2.02. The van der Waals surface area contributed by atoms with E-state index in [9.17, 15) is 0 Å². The second kappa shape index (κ2) is 5.32. The number of anilines is 1. The maximum absolute atomic E-state index is 5.96. The van der Waals surface area contributed by atoms with Gasteiger partial charge in [-0.25, -0.2) is 4.98 Å². The Kier molecular flexibility index (Phi) is 3.67. The Labute approximate surface area is 126 Å². The van der Waals surface area contributed by atoms with Crippen molar-refractivity contribution in [2.24, 2.45) is 11.7 Å². The molecule has 0 aliphatic heterocycles. The van der Waals surface area contributed by atoms with Crippen molar-refractivity contribution in [1.82, 2.24) is 4.98 Å². The summed E-state index contributed by atoms with van der Waals surface area (Å²) in [5, 5.41) is 0. The van der Waals surface area contributed by atoms with Crippen LogP contribution >= 0.6 is 12.2 Å². The smallest absolute Gasteiger partial charge is 0.139 e. The quantitative estimate of drug-likeness (QED) is 0.846. The molecule has 0 atom stereocenters. The minimum Gasteiger partial charge on any atom is -0.389 e. The van der Waals surface area contributed by atoms with Gasteiger partial charge in [0.1, 0.15) is 10.8 Å². The van der Waals surface area contributed by atoms with E-state index in [-0.39, 0.29) is 0 Å². The fourth-order valence-electron chi connectivity index (χ4n) is 2.98. The van der Waals surface area contributed by atoms with Gasteiger partial charge in [-0.1, -0.05) is 12.2 Å². The van der Waals surface area contributed by atoms with Crippen molar-refractivity contribution in [2.75, 3.05) is 11.4 Å². The maximum atomic E-state index is 5.96. The van der Waals surface area contributed by atoms with Crippen LogP contribution in [-0.2, 0) is 12.8 Å². The summed E-state index contributed by atoms with van der Waals surface area (Å²) in [5.74, 6) is 1.84. The number of nitrogens with two attached hydrogens (primary N) is 1. The molecule has 3 nitrogen and oxygen atoms in total. The van der Waals surface area contributed by atoms with Gasteiger partial charge in [0, 0.05) is 18.3 Å². The molecule has 2 N–H and O–H groups in total. The van der Waals surface area contributed by atoms with Crippen molar-refractivity contribution in [3.05, 3.63) is 22.9 Å². The fraction of sp³-hybridized carbons (Fsp3) is 0.625. The highest BCUT2D eigenvalue weighted by molar-refractivity contribution is 7.80. The molecule has 0 unspecified atom stereocenters. The number of fused-ring (bicyclic) bond motifs is 1. The van der Waals surface area contributed by atoms with Gasteiger partial charge >= 0.3 is 0 Å². The zero-order valence-corrected chi connectivity index (χ0v) is 13.2. The lowest BCUT2D eigenvalue weighted by atomic mass is 10.1. The molecule has 0 saturated heterocycles. The van der Waals surface area contributed by atoms with Crippen molar-refractivity contribution in [3.8, 4) is 0 Å². The zero-order valence-electron chi connectivity index (χ0n) is 12.4. The Morgan fingerprint density at radius 1 is 1.45 bits per heavy atom. The van der Waals surface area contributed by atoms with Gasteiger partial charge in [0.2, 0.25) is 0 Å². The summed E-state index contributed by atoms with van der Waals surface area (Å²) in [6.45, 7) is 5.53. The van der Waals surface area contributed by atoms with Gasteiger partial charge in [0.05, 0.1) is 5.56 Å². The van der Waals surface area contributed by atoms with Crippen molar-refractivity contribution in [2.45, 2.75) is 52.0 Å². The molecule has 0 spiro atoms. The first kappa shape index (κ1) is 13.8. The Morgan fingerprint density at radius 3 is 2.80 bits per heavy atom. The Morgan fingerprint density at radius 2 is 2.20 bits per heavy atom. The largest absolute Gasteiger partial charge is 0.389 e. The number of pyridine rings is 1. The SMILES string of the molecule is CC(C)N(CC1CC1)c1nc2c(cc1C(N)=S)CCC2. The predicted octanol–water partition coefficient (Wildman–Crippen LogP) is 2.83. The molecule has 108 valence electrons. The van der Waals surface area contributed by atoms with Crippen molar-refractivity contribution in [3.63, 3.8) is 0 Å². The van der Waals surface area contributed by atoms with E-state index in [1.54, 1.807) is 0 Å². The standard InChI is InChI=1S/C16H23N3S/c1-10(2)19(9-11-6-7-11)16-13(15(17)20)8-12-4-3-5-14(12)18-16/h8,10-11H,3-7,9H2,1-2H3,(H2,17,20). The molecule has 0 bridgehead atoms. The highest BCUT2D eigenvalue weighted by Crippen LogP contribution is 2.34. The Hall–Kier alpha value is -1.16. The second-order valence-electron chi connectivity index (χ2n) is 6.37. The summed E-state index contributed by atoms with van der Waals surface area (Å²) in [6.07, 6.45) is 6.10. The van der Waals surface area contributed by atoms with Crippen LogP contribution < -0.4 is 10.6 Å². The van der Waals surface area contributed by atoms with Gasteiger partial charge in [-0.3, -0.25) is 0 Å². The van der Waals surface area contributed by atoms with Crippen LogP contribution in [-0.4, -0.2) is 22.6 Å². The predicted molar refractivity (Wildman–Crippen MR) is 87.4 cm³/mol. The van der Waals surface area contributed by atoms with Crippen LogP contribution in [0.1, 0.15) is 49.9 Å². The van der Waals surface area contributed by atoms with E-state index in [1.807, 2.05) is 0 Å². The average molecular weight is 289 g/mol. The molecule has 2 aliphatic rings. The van der Waals surface area contributed by atoms with Crippen molar-refractivity contribution in [1.29, 1.82) is 0 Å². The molecule has 1 saturated carbocycles. The number of hydrogen-bond acceptors (Lipinski definition) is 3. The van der Waals surface area contributed by atoms with Crippen LogP contribution in [0.15, 0.2) is 6.07 Å².